The molecule has 0 radical (unpaired) electrons. The monoisotopic (exact) mass is 504 g/mol. The molecule has 2 rings (SSSR count). The van der Waals surface area contributed by atoms with Crippen molar-refractivity contribution in [2.24, 2.45) is 0 Å². The number of hydrogen-bond acceptors (Lipinski definition) is 3. The van der Waals surface area contributed by atoms with Crippen LogP contribution < -0.4 is 5.32 Å². The molecule has 1 amide bonds. The quantitative estimate of drug-likeness (QED) is 0.316. The highest BCUT2D eigenvalue weighted by molar-refractivity contribution is 5.72. The largest absolute Gasteiger partial charge is 0.385 e. The van der Waals surface area contributed by atoms with Gasteiger partial charge in [0.15, 0.2) is 0 Å². The molecule has 0 aliphatic carbocycles. The van der Waals surface area contributed by atoms with Gasteiger partial charge < -0.3 is 15.3 Å². The summed E-state index contributed by atoms with van der Waals surface area (Å²) in [6.07, 6.45) is 5.12. The molecular weight excluding hydrogens is 458 g/mol. The van der Waals surface area contributed by atoms with E-state index in [0.717, 1.165) is 44.8 Å². The molecule has 0 spiro atoms. The second kappa shape index (κ2) is 15.7. The van der Waals surface area contributed by atoms with E-state index in [1.165, 1.54) is 29.7 Å². The molecule has 6 heteroatoms. The fourth-order valence-corrected chi connectivity index (χ4v) is 4.28. The van der Waals surface area contributed by atoms with E-state index < -0.39 is 11.5 Å². The van der Waals surface area contributed by atoms with E-state index in [-0.39, 0.29) is 11.5 Å². The van der Waals surface area contributed by atoms with E-state index in [9.17, 15) is 18.7 Å². The van der Waals surface area contributed by atoms with Gasteiger partial charge >= 0.3 is 0 Å². The molecule has 0 fully saturated rings. The van der Waals surface area contributed by atoms with Crippen molar-refractivity contribution in [3.8, 4) is 0 Å². The Morgan fingerprint density at radius 2 is 1.39 bits per heavy atom. The summed E-state index contributed by atoms with van der Waals surface area (Å²) in [6, 6.07) is 14.7. The average molecular weight is 505 g/mol. The van der Waals surface area contributed by atoms with Crippen LogP contribution in [-0.4, -0.2) is 36.1 Å². The summed E-state index contributed by atoms with van der Waals surface area (Å²) in [6.45, 7) is 11.5. The summed E-state index contributed by atoms with van der Waals surface area (Å²) in [5.41, 5.74) is 2.45. The number of rotatable bonds is 13. The van der Waals surface area contributed by atoms with Crippen LogP contribution in [0.4, 0.5) is 8.78 Å². The molecule has 2 N–H and O–H groups in total. The second-order valence-electron chi connectivity index (χ2n) is 9.78. The van der Waals surface area contributed by atoms with Crippen molar-refractivity contribution >= 4 is 5.91 Å². The Balaban J connectivity index is 0.000000360. The van der Waals surface area contributed by atoms with E-state index >= 15 is 0 Å². The first-order chi connectivity index (χ1) is 16.9. The third kappa shape index (κ3) is 11.6. The third-order valence-electron chi connectivity index (χ3n) is 6.12. The van der Waals surface area contributed by atoms with Crippen LogP contribution in [0.15, 0.2) is 48.5 Å². The minimum atomic E-state index is -2.83. The molecule has 0 heterocycles. The van der Waals surface area contributed by atoms with E-state index in [0.29, 0.717) is 19.4 Å². The zero-order valence-electron chi connectivity index (χ0n) is 23.0. The number of alkyl halides is 2. The van der Waals surface area contributed by atoms with E-state index in [1.807, 2.05) is 13.8 Å². The van der Waals surface area contributed by atoms with Crippen molar-refractivity contribution in [3.63, 3.8) is 0 Å². The number of nitrogens with one attached hydrogen (secondary N) is 1. The van der Waals surface area contributed by atoms with Gasteiger partial charge in [0.2, 0.25) is 5.91 Å². The van der Waals surface area contributed by atoms with Crippen molar-refractivity contribution in [1.82, 2.24) is 10.2 Å². The molecule has 0 atom stereocenters. The standard InChI is InChI=1S/C15H22F2O.C15H24N2O/c1-4-10-15(18,11-5-2)13-8-6-12(7-9-13)14(3,16)17;1-4-11-17(3)12-15-7-5-14(6-8-15)9-10-16-13(2)18/h6-9,18H,4-5,10-11H2,1-3H3;5-8H,4,9-12H2,1-3H3,(H,16,18). The predicted molar refractivity (Wildman–Crippen MR) is 145 cm³/mol. The Kier molecular flexibility index (Phi) is 13.9. The van der Waals surface area contributed by atoms with Gasteiger partial charge in [-0.1, -0.05) is 82.1 Å². The molecule has 4 nitrogen and oxygen atoms in total. The average Bonchev–Trinajstić information content (AvgIpc) is 2.80. The van der Waals surface area contributed by atoms with Crippen molar-refractivity contribution in [2.45, 2.75) is 91.2 Å². The van der Waals surface area contributed by atoms with Gasteiger partial charge in [-0.15, -0.1) is 0 Å². The molecular formula is C30H46F2N2O2. The maximum Gasteiger partial charge on any atom is 0.270 e. The highest BCUT2D eigenvalue weighted by Gasteiger charge is 2.29. The Morgan fingerprint density at radius 3 is 1.83 bits per heavy atom. The molecule has 0 saturated carbocycles. The van der Waals surface area contributed by atoms with Crippen LogP contribution in [0.1, 0.15) is 89.0 Å². The predicted octanol–water partition coefficient (Wildman–Crippen LogP) is 6.79. The fraction of sp³-hybridized carbons (Fsp3) is 0.567. The van der Waals surface area contributed by atoms with Gasteiger partial charge in [-0.25, -0.2) is 8.78 Å². The summed E-state index contributed by atoms with van der Waals surface area (Å²) in [7, 11) is 2.15. The second-order valence-corrected chi connectivity index (χ2v) is 9.78. The Hall–Kier alpha value is -2.31. The van der Waals surface area contributed by atoms with Crippen LogP contribution in [0.5, 0.6) is 0 Å². The van der Waals surface area contributed by atoms with Gasteiger partial charge in [0.05, 0.1) is 5.60 Å². The summed E-state index contributed by atoms with van der Waals surface area (Å²) >= 11 is 0. The lowest BCUT2D eigenvalue weighted by molar-refractivity contribution is -0.118. The van der Waals surface area contributed by atoms with Crippen molar-refractivity contribution in [3.05, 3.63) is 70.8 Å². The molecule has 36 heavy (non-hydrogen) atoms. The minimum absolute atomic E-state index is 0.0124. The lowest BCUT2D eigenvalue weighted by Crippen LogP contribution is -2.25. The van der Waals surface area contributed by atoms with Gasteiger partial charge in [-0.2, -0.15) is 0 Å². The zero-order valence-corrected chi connectivity index (χ0v) is 23.0. The van der Waals surface area contributed by atoms with Crippen molar-refractivity contribution < 1.29 is 18.7 Å². The number of carbonyl (C=O) groups is 1. The van der Waals surface area contributed by atoms with Crippen molar-refractivity contribution in [1.29, 1.82) is 0 Å². The van der Waals surface area contributed by atoms with Crippen molar-refractivity contribution in [2.75, 3.05) is 20.1 Å². The molecule has 0 aliphatic rings. The number of halogens is 2. The minimum Gasteiger partial charge on any atom is -0.385 e. The summed E-state index contributed by atoms with van der Waals surface area (Å²) in [5.74, 6) is -2.79. The Bertz CT molecular complexity index is 871. The zero-order chi connectivity index (χ0) is 27.2. The normalized spacial score (nSPS) is 11.7. The maximum atomic E-state index is 13.1. The van der Waals surface area contributed by atoms with Crippen LogP contribution >= 0.6 is 0 Å². The number of benzene rings is 2. The van der Waals surface area contributed by atoms with Crippen LogP contribution in [0.3, 0.4) is 0 Å². The topological polar surface area (TPSA) is 52.6 Å². The number of hydrogen-bond donors (Lipinski definition) is 2. The third-order valence-corrected chi connectivity index (χ3v) is 6.12. The number of amides is 1. The van der Waals surface area contributed by atoms with Gasteiger partial charge in [0.1, 0.15) is 0 Å². The molecule has 2 aromatic rings. The molecule has 0 aromatic heterocycles. The first-order valence-electron chi connectivity index (χ1n) is 13.2. The van der Waals surface area contributed by atoms with Gasteiger partial charge in [0, 0.05) is 32.5 Å². The smallest absolute Gasteiger partial charge is 0.270 e. The fourth-order valence-electron chi connectivity index (χ4n) is 4.28. The number of aliphatic hydroxyl groups is 1. The molecule has 0 bridgehead atoms. The summed E-state index contributed by atoms with van der Waals surface area (Å²) < 4.78 is 26.2. The SMILES string of the molecule is CCCC(O)(CCC)c1ccc(C(C)(F)F)cc1.CCCN(C)Cc1ccc(CCNC(C)=O)cc1. The first-order valence-corrected chi connectivity index (χ1v) is 13.2. The van der Waals surface area contributed by atoms with E-state index in [4.69, 9.17) is 0 Å². The molecule has 0 saturated heterocycles. The van der Waals surface area contributed by atoms with Gasteiger partial charge in [-0.3, -0.25) is 4.79 Å². The van der Waals surface area contributed by atoms with Crippen LogP contribution in [-0.2, 0) is 29.3 Å². The molecule has 202 valence electrons. The summed E-state index contributed by atoms with van der Waals surface area (Å²) in [5, 5.41) is 13.4. The van der Waals surface area contributed by atoms with Gasteiger partial charge in [-0.05, 0) is 56.0 Å². The van der Waals surface area contributed by atoms with E-state index in [2.05, 4.69) is 48.5 Å². The summed E-state index contributed by atoms with van der Waals surface area (Å²) in [4.78, 5) is 13.1. The lowest BCUT2D eigenvalue weighted by atomic mass is 9.85. The van der Waals surface area contributed by atoms with Crippen LogP contribution in [0.2, 0.25) is 0 Å². The first kappa shape index (κ1) is 31.7. The maximum absolute atomic E-state index is 13.1. The molecule has 2 aromatic carbocycles. The molecule has 0 aliphatic heterocycles. The van der Waals surface area contributed by atoms with Gasteiger partial charge in [0.25, 0.3) is 5.92 Å². The lowest BCUT2D eigenvalue weighted by Gasteiger charge is -2.28. The van der Waals surface area contributed by atoms with Crippen LogP contribution in [0, 0.1) is 0 Å². The highest BCUT2D eigenvalue weighted by Crippen LogP contribution is 2.34. The van der Waals surface area contributed by atoms with Crippen LogP contribution in [0.25, 0.3) is 0 Å². The van der Waals surface area contributed by atoms with E-state index in [1.54, 1.807) is 19.1 Å². The number of carbonyl (C=O) groups excluding carboxylic acids is 1. The number of nitrogens with zero attached hydrogens (tertiary/aromatic N) is 1. The Labute approximate surface area is 217 Å². The molecule has 0 unspecified atom stereocenters. The Morgan fingerprint density at radius 1 is 0.889 bits per heavy atom. The highest BCUT2D eigenvalue weighted by atomic mass is 19.3.